The molecular weight excluding hydrogens is 152 g/mol. The minimum Gasteiger partial charge on any atom is -0.380 e. The molecule has 0 saturated carbocycles. The molecule has 70 valence electrons. The van der Waals surface area contributed by atoms with Gasteiger partial charge in [-0.1, -0.05) is 0 Å². The van der Waals surface area contributed by atoms with Crippen LogP contribution in [0, 0.1) is 5.92 Å². The van der Waals surface area contributed by atoms with E-state index in [1.807, 2.05) is 0 Å². The SMILES string of the molecule is CN1CCOCC2CNCCC21. The van der Waals surface area contributed by atoms with Crippen molar-refractivity contribution in [2.24, 2.45) is 5.92 Å². The van der Waals surface area contributed by atoms with Crippen molar-refractivity contribution in [1.29, 1.82) is 0 Å². The van der Waals surface area contributed by atoms with E-state index in [0.717, 1.165) is 32.3 Å². The molecule has 0 bridgehead atoms. The zero-order valence-electron chi connectivity index (χ0n) is 7.75. The van der Waals surface area contributed by atoms with Crippen molar-refractivity contribution in [1.82, 2.24) is 10.2 Å². The molecule has 2 heterocycles. The smallest absolute Gasteiger partial charge is 0.0593 e. The minimum absolute atomic E-state index is 0.714. The maximum absolute atomic E-state index is 5.55. The molecule has 2 atom stereocenters. The number of hydrogen-bond acceptors (Lipinski definition) is 3. The van der Waals surface area contributed by atoms with Crippen LogP contribution >= 0.6 is 0 Å². The Bertz CT molecular complexity index is 151. The summed E-state index contributed by atoms with van der Waals surface area (Å²) in [4.78, 5) is 2.46. The van der Waals surface area contributed by atoms with Crippen LogP contribution in [0.15, 0.2) is 0 Å². The highest BCUT2D eigenvalue weighted by Crippen LogP contribution is 2.19. The van der Waals surface area contributed by atoms with Gasteiger partial charge < -0.3 is 15.0 Å². The van der Waals surface area contributed by atoms with Gasteiger partial charge in [0, 0.05) is 25.0 Å². The zero-order valence-corrected chi connectivity index (χ0v) is 7.75. The van der Waals surface area contributed by atoms with E-state index in [1.54, 1.807) is 0 Å². The van der Waals surface area contributed by atoms with Gasteiger partial charge in [0.2, 0.25) is 0 Å². The first-order chi connectivity index (χ1) is 5.88. The van der Waals surface area contributed by atoms with Gasteiger partial charge in [-0.25, -0.2) is 0 Å². The van der Waals surface area contributed by atoms with Gasteiger partial charge in [0.15, 0.2) is 0 Å². The average Bonchev–Trinajstić information content (AvgIpc) is 2.29. The molecule has 2 aliphatic heterocycles. The molecule has 2 saturated heterocycles. The van der Waals surface area contributed by atoms with Gasteiger partial charge in [-0.15, -0.1) is 0 Å². The maximum atomic E-state index is 5.55. The van der Waals surface area contributed by atoms with E-state index in [9.17, 15) is 0 Å². The lowest BCUT2D eigenvalue weighted by Gasteiger charge is -2.35. The molecule has 2 aliphatic rings. The molecule has 2 unspecified atom stereocenters. The van der Waals surface area contributed by atoms with Crippen molar-refractivity contribution in [2.45, 2.75) is 12.5 Å². The van der Waals surface area contributed by atoms with Gasteiger partial charge >= 0.3 is 0 Å². The lowest BCUT2D eigenvalue weighted by molar-refractivity contribution is 0.106. The highest BCUT2D eigenvalue weighted by molar-refractivity contribution is 4.85. The van der Waals surface area contributed by atoms with Crippen LogP contribution in [0.4, 0.5) is 0 Å². The summed E-state index contributed by atoms with van der Waals surface area (Å²) in [6, 6.07) is 0.758. The number of ether oxygens (including phenoxy) is 1. The molecule has 1 N–H and O–H groups in total. The lowest BCUT2D eigenvalue weighted by Crippen LogP contribution is -2.48. The van der Waals surface area contributed by atoms with E-state index >= 15 is 0 Å². The van der Waals surface area contributed by atoms with Gasteiger partial charge in [0.1, 0.15) is 0 Å². The summed E-state index contributed by atoms with van der Waals surface area (Å²) in [6.07, 6.45) is 1.28. The van der Waals surface area contributed by atoms with Crippen molar-refractivity contribution in [2.75, 3.05) is 39.9 Å². The fraction of sp³-hybridized carbons (Fsp3) is 1.00. The Morgan fingerprint density at radius 3 is 3.33 bits per heavy atom. The largest absolute Gasteiger partial charge is 0.380 e. The van der Waals surface area contributed by atoms with Gasteiger partial charge in [0.25, 0.3) is 0 Å². The number of hydrogen-bond donors (Lipinski definition) is 1. The second-order valence-electron chi connectivity index (χ2n) is 3.88. The average molecular weight is 170 g/mol. The van der Waals surface area contributed by atoms with Crippen LogP contribution in [0.25, 0.3) is 0 Å². The first-order valence-corrected chi connectivity index (χ1v) is 4.86. The molecule has 0 aliphatic carbocycles. The quantitative estimate of drug-likeness (QED) is 0.550. The van der Waals surface area contributed by atoms with Gasteiger partial charge in [0.05, 0.1) is 13.2 Å². The molecule has 2 fully saturated rings. The van der Waals surface area contributed by atoms with Crippen molar-refractivity contribution in [3.63, 3.8) is 0 Å². The highest BCUT2D eigenvalue weighted by Gasteiger charge is 2.29. The standard InChI is InChI=1S/C9H18N2O/c1-11-4-5-12-7-8-6-10-3-2-9(8)11/h8-10H,2-7H2,1H3. The molecule has 0 aromatic carbocycles. The third kappa shape index (κ3) is 1.63. The molecule has 0 aromatic rings. The molecule has 0 spiro atoms. The summed E-state index contributed by atoms with van der Waals surface area (Å²) in [5.74, 6) is 0.714. The van der Waals surface area contributed by atoms with Gasteiger partial charge in [-0.2, -0.15) is 0 Å². The third-order valence-electron chi connectivity index (χ3n) is 3.05. The van der Waals surface area contributed by atoms with Gasteiger partial charge in [-0.3, -0.25) is 0 Å². The number of piperidine rings is 1. The van der Waals surface area contributed by atoms with Crippen molar-refractivity contribution in [3.8, 4) is 0 Å². The van der Waals surface area contributed by atoms with Crippen LogP contribution < -0.4 is 5.32 Å². The summed E-state index contributed by atoms with van der Waals surface area (Å²) >= 11 is 0. The number of nitrogens with one attached hydrogen (secondary N) is 1. The summed E-state index contributed by atoms with van der Waals surface area (Å²) in [5, 5.41) is 3.43. The zero-order chi connectivity index (χ0) is 8.39. The fourth-order valence-corrected chi connectivity index (χ4v) is 2.27. The Balaban J connectivity index is 2.01. The van der Waals surface area contributed by atoms with Crippen LogP contribution in [-0.4, -0.2) is 50.8 Å². The molecule has 2 rings (SSSR count). The normalized spacial score (nSPS) is 38.8. The summed E-state index contributed by atoms with van der Waals surface area (Å²) in [5.41, 5.74) is 0. The fourth-order valence-electron chi connectivity index (χ4n) is 2.27. The molecule has 12 heavy (non-hydrogen) atoms. The molecule has 3 nitrogen and oxygen atoms in total. The van der Waals surface area contributed by atoms with E-state index in [1.165, 1.54) is 13.0 Å². The van der Waals surface area contributed by atoms with E-state index in [2.05, 4.69) is 17.3 Å². The Hall–Kier alpha value is -0.120. The summed E-state index contributed by atoms with van der Waals surface area (Å²) < 4.78 is 5.55. The second kappa shape index (κ2) is 3.73. The summed E-state index contributed by atoms with van der Waals surface area (Å²) in [6.45, 7) is 5.26. The topological polar surface area (TPSA) is 24.5 Å². The molecular formula is C9H18N2O. The van der Waals surface area contributed by atoms with Crippen molar-refractivity contribution in [3.05, 3.63) is 0 Å². The van der Waals surface area contributed by atoms with Crippen LogP contribution in [-0.2, 0) is 4.74 Å². The molecule has 3 heteroatoms. The maximum Gasteiger partial charge on any atom is 0.0593 e. The first kappa shape index (κ1) is 8.48. The molecule has 0 radical (unpaired) electrons. The van der Waals surface area contributed by atoms with Crippen LogP contribution in [0.3, 0.4) is 0 Å². The first-order valence-electron chi connectivity index (χ1n) is 4.86. The molecule has 0 amide bonds. The lowest BCUT2D eigenvalue weighted by atomic mass is 9.93. The number of fused-ring (bicyclic) bond motifs is 1. The van der Waals surface area contributed by atoms with Crippen LogP contribution in [0.2, 0.25) is 0 Å². The van der Waals surface area contributed by atoms with Crippen LogP contribution in [0.5, 0.6) is 0 Å². The Labute approximate surface area is 74.1 Å². The number of likely N-dealkylation sites (N-methyl/N-ethyl adjacent to an activating group) is 1. The summed E-state index contributed by atoms with van der Waals surface area (Å²) in [7, 11) is 2.22. The predicted octanol–water partition coefficient (Wildman–Crippen LogP) is -0.0735. The third-order valence-corrected chi connectivity index (χ3v) is 3.05. The number of rotatable bonds is 0. The van der Waals surface area contributed by atoms with Crippen LogP contribution in [0.1, 0.15) is 6.42 Å². The molecule has 0 aromatic heterocycles. The van der Waals surface area contributed by atoms with E-state index < -0.39 is 0 Å². The van der Waals surface area contributed by atoms with Gasteiger partial charge in [-0.05, 0) is 20.0 Å². The highest BCUT2D eigenvalue weighted by atomic mass is 16.5. The Kier molecular flexibility index (Phi) is 2.63. The van der Waals surface area contributed by atoms with Crippen molar-refractivity contribution >= 4 is 0 Å². The predicted molar refractivity (Wildman–Crippen MR) is 48.2 cm³/mol. The van der Waals surface area contributed by atoms with E-state index in [-0.39, 0.29) is 0 Å². The van der Waals surface area contributed by atoms with E-state index in [0.29, 0.717) is 5.92 Å². The monoisotopic (exact) mass is 170 g/mol. The Morgan fingerprint density at radius 1 is 1.50 bits per heavy atom. The number of nitrogens with zero attached hydrogens (tertiary/aromatic N) is 1. The minimum atomic E-state index is 0.714. The Morgan fingerprint density at radius 2 is 2.42 bits per heavy atom. The van der Waals surface area contributed by atoms with Crippen molar-refractivity contribution < 1.29 is 4.74 Å². The van der Waals surface area contributed by atoms with E-state index in [4.69, 9.17) is 4.74 Å². The second-order valence-corrected chi connectivity index (χ2v) is 3.88.